The molecule has 1 fully saturated rings. The van der Waals surface area contributed by atoms with Gasteiger partial charge < -0.3 is 96.7 Å². The van der Waals surface area contributed by atoms with Gasteiger partial charge in [-0.25, -0.2) is 9.59 Å². The third-order valence-corrected chi connectivity index (χ3v) is 18.4. The summed E-state index contributed by atoms with van der Waals surface area (Å²) in [6, 6.07) is 4.47. The molecule has 0 radical (unpaired) electrons. The second kappa shape index (κ2) is 52.3. The number of hydrogen-bond donors (Lipinski definition) is 11. The van der Waals surface area contributed by atoms with Crippen molar-refractivity contribution in [3.63, 3.8) is 0 Å². The average Bonchev–Trinajstić information content (AvgIpc) is 1.79. The number of hydrogen-bond acceptors (Lipinski definition) is 22. The monoisotopic (exact) mass is 1570 g/mol. The Morgan fingerprint density at radius 3 is 1.76 bits per heavy atom. The molecule has 13 amide bonds. The van der Waals surface area contributed by atoms with Gasteiger partial charge in [-0.05, 0) is 69.0 Å². The lowest BCUT2D eigenvalue weighted by atomic mass is 9.89. The molecule has 628 valence electrons. The van der Waals surface area contributed by atoms with Crippen LogP contribution in [0.4, 0.5) is 4.79 Å². The summed E-state index contributed by atoms with van der Waals surface area (Å²) in [4.78, 5) is 202. The number of carbonyl (C=O) groups is 15. The molecule has 2 rings (SSSR count). The van der Waals surface area contributed by atoms with E-state index in [0.717, 1.165) is 5.56 Å². The van der Waals surface area contributed by atoms with E-state index in [4.69, 9.17) is 28.4 Å². The number of nitrogens with one attached hydrogen (secondary N) is 11. The number of methoxy groups -OCH3 is 3. The van der Waals surface area contributed by atoms with Gasteiger partial charge in [0.1, 0.15) is 24.7 Å². The van der Waals surface area contributed by atoms with E-state index >= 15 is 0 Å². The molecule has 35 heteroatoms. The number of carbonyl (C=O) groups excluding carboxylic acids is 15. The average molecular weight is 1570 g/mol. The normalized spacial score (nSPS) is 15.5. The Labute approximate surface area is 653 Å². The van der Waals surface area contributed by atoms with Crippen LogP contribution in [-0.2, 0) is 102 Å². The minimum absolute atomic E-state index is 0.0188. The van der Waals surface area contributed by atoms with Crippen LogP contribution in [0.3, 0.4) is 0 Å². The molecule has 0 saturated carbocycles. The molecular formula is C76H128N14O21. The third-order valence-electron chi connectivity index (χ3n) is 18.4. The van der Waals surface area contributed by atoms with Crippen LogP contribution in [0.15, 0.2) is 30.3 Å². The molecule has 1 aliphatic heterocycles. The summed E-state index contributed by atoms with van der Waals surface area (Å²) in [6.07, 6.45) is -1.39. The number of rotatable bonds is 53. The number of nitrogens with zero attached hydrogens (tertiary/aromatic N) is 3. The molecule has 0 bridgehead atoms. The fraction of sp³-hybridized carbons (Fsp3) is 0.724. The summed E-state index contributed by atoms with van der Waals surface area (Å²) in [5.41, 5.74) is 0.715. The minimum atomic E-state index is -1.23. The number of Topliss-reactive ketones (excluding diaryl/α,β-unsaturated/α-hetero) is 1. The molecule has 35 nitrogen and oxygen atoms in total. The molecular weight excluding hydrogens is 1440 g/mol. The highest BCUT2D eigenvalue weighted by molar-refractivity contribution is 5.94. The largest absolute Gasteiger partial charge is 0.464 e. The van der Waals surface area contributed by atoms with Crippen LogP contribution in [0.25, 0.3) is 0 Å². The first-order valence-corrected chi connectivity index (χ1v) is 38.2. The summed E-state index contributed by atoms with van der Waals surface area (Å²) >= 11 is 0. The zero-order valence-electron chi connectivity index (χ0n) is 68.3. The van der Waals surface area contributed by atoms with Gasteiger partial charge in [-0.2, -0.15) is 0 Å². The molecule has 1 aromatic rings. The van der Waals surface area contributed by atoms with Crippen LogP contribution in [0, 0.1) is 35.0 Å². The summed E-state index contributed by atoms with van der Waals surface area (Å²) in [5.74, 6) is -10.2. The number of likely N-dealkylation sites (tertiary alicyclic amines) is 1. The van der Waals surface area contributed by atoms with Crippen LogP contribution in [0.2, 0.25) is 0 Å². The van der Waals surface area contributed by atoms with Crippen LogP contribution < -0.4 is 58.5 Å². The van der Waals surface area contributed by atoms with E-state index in [9.17, 15) is 71.9 Å². The van der Waals surface area contributed by atoms with Gasteiger partial charge in [0.2, 0.25) is 70.9 Å². The third kappa shape index (κ3) is 38.2. The van der Waals surface area contributed by atoms with Crippen molar-refractivity contribution in [1.82, 2.24) is 73.2 Å². The van der Waals surface area contributed by atoms with Crippen molar-refractivity contribution in [3.8, 4) is 0 Å². The van der Waals surface area contributed by atoms with E-state index in [1.807, 2.05) is 99.5 Å². The van der Waals surface area contributed by atoms with E-state index in [1.165, 1.54) is 28.3 Å². The van der Waals surface area contributed by atoms with Crippen molar-refractivity contribution in [2.75, 3.05) is 134 Å². The molecule has 0 aliphatic carbocycles. The Kier molecular flexibility index (Phi) is 46.3. The van der Waals surface area contributed by atoms with Crippen molar-refractivity contribution in [2.45, 2.75) is 189 Å². The van der Waals surface area contributed by atoms with Crippen molar-refractivity contribution in [1.29, 1.82) is 0 Å². The molecule has 1 aliphatic rings. The fourth-order valence-electron chi connectivity index (χ4n) is 12.3. The number of ether oxygens (including phenoxy) is 6. The van der Waals surface area contributed by atoms with Gasteiger partial charge in [0.25, 0.3) is 0 Å². The maximum Gasteiger partial charge on any atom is 0.407 e. The van der Waals surface area contributed by atoms with Crippen LogP contribution in [0.1, 0.15) is 140 Å². The first-order valence-electron chi connectivity index (χ1n) is 38.2. The maximum atomic E-state index is 14.6. The highest BCUT2D eigenvalue weighted by atomic mass is 16.6. The SMILES string of the molecule is CC[C@H](C)[C@@H]([C@@H](CC(=O)N1CCC[C@H]1[C@H](OC)[C@@H](C)C(=O)N[C@@H](Cc1ccccc1)C(=O)NCCCOC(=O)[C@H](C)NC(=O)CCNC(=O)OC[C@H](CC(=O)CNC(=O)CNC(=O)CNC(=O)CNC(=O)CCNC(=O)CCOCC(C)(C)C)C(=O)NCCOC)OC)N(C)C(=O)[C@@H](NC(=O)[C@H](C(C)C)N(C)C)C(C)C. The van der Waals surface area contributed by atoms with Crippen LogP contribution in [0.5, 0.6) is 0 Å². The Balaban J connectivity index is 1.90. The highest BCUT2D eigenvalue weighted by Crippen LogP contribution is 2.30. The maximum absolute atomic E-state index is 14.6. The first-order chi connectivity index (χ1) is 52.4. The van der Waals surface area contributed by atoms with Crippen molar-refractivity contribution in [2.24, 2.45) is 35.0 Å². The summed E-state index contributed by atoms with van der Waals surface area (Å²) in [7, 11) is 9.71. The number of amides is 13. The lowest BCUT2D eigenvalue weighted by Crippen LogP contribution is -2.59. The number of benzene rings is 1. The van der Waals surface area contributed by atoms with Gasteiger partial charge in [0.05, 0.1) is 101 Å². The van der Waals surface area contributed by atoms with E-state index in [-0.39, 0.29) is 131 Å². The smallest absolute Gasteiger partial charge is 0.407 e. The number of esters is 1. The second-order valence-electron chi connectivity index (χ2n) is 29.9. The lowest BCUT2D eigenvalue weighted by Gasteiger charge is -2.41. The first kappa shape index (κ1) is 98.1. The summed E-state index contributed by atoms with van der Waals surface area (Å²) in [6.45, 7) is 18.8. The number of ketones is 1. The van der Waals surface area contributed by atoms with Crippen LogP contribution in [-0.4, -0.2) is 286 Å². The van der Waals surface area contributed by atoms with Crippen molar-refractivity contribution < 1.29 is 100 Å². The molecule has 11 atom stereocenters. The van der Waals surface area contributed by atoms with Gasteiger partial charge in [-0.3, -0.25) is 67.2 Å². The summed E-state index contributed by atoms with van der Waals surface area (Å²) in [5, 5.41) is 27.9. The molecule has 0 aromatic heterocycles. The van der Waals surface area contributed by atoms with Gasteiger partial charge in [-0.15, -0.1) is 0 Å². The molecule has 111 heavy (non-hydrogen) atoms. The molecule has 1 saturated heterocycles. The van der Waals surface area contributed by atoms with Crippen LogP contribution >= 0.6 is 0 Å². The second-order valence-corrected chi connectivity index (χ2v) is 29.9. The Morgan fingerprint density at radius 1 is 0.586 bits per heavy atom. The highest BCUT2D eigenvalue weighted by Gasteiger charge is 2.44. The zero-order chi connectivity index (χ0) is 83.5. The van der Waals surface area contributed by atoms with Gasteiger partial charge in [0.15, 0.2) is 5.78 Å². The van der Waals surface area contributed by atoms with Gasteiger partial charge >= 0.3 is 12.1 Å². The van der Waals surface area contributed by atoms with Crippen molar-refractivity contribution in [3.05, 3.63) is 35.9 Å². The zero-order valence-corrected chi connectivity index (χ0v) is 68.3. The lowest BCUT2D eigenvalue weighted by molar-refractivity contribution is -0.148. The van der Waals surface area contributed by atoms with E-state index in [1.54, 1.807) is 35.9 Å². The standard InChI is InChI=1S/C76H128N14O21/c1-18-49(6)67(89(14)73(103)65(47(2)3)87-72(102)66(48(4)5)88(12)13)57(107-16)40-64(98)90-34-22-26-56(90)68(108-17)50(7)69(99)86-55(38-52-24-20-19-21-25-52)71(101)78-30-23-35-110-74(104)51(8)85-60(94)28-32-80-75(105)111-45-53(70(100)79-33-37-106-15)39-54(91)41-81-61(95)43-83-63(97)44-84-62(96)42-82-58(92)27-31-77-59(93)29-36-109-46-76(9,10)11/h19-21,24-25,47-51,53,55-57,65-68H,18,22-23,26-46H2,1-17H3,(H,77,93)(H,78,101)(H,79,100)(H,80,105)(H,81,95)(H,82,92)(H,83,97)(H,84,96)(H,85,94)(H,86,99)(H,87,102)/t49-,50+,51-,53-,55-,56-,57+,65-,66-,67-,68+/m0/s1. The molecule has 11 N–H and O–H groups in total. The van der Waals surface area contributed by atoms with Gasteiger partial charge in [0, 0.05) is 93.2 Å². The fourth-order valence-corrected chi connectivity index (χ4v) is 12.3. The number of likely N-dealkylation sites (N-methyl/N-ethyl adjacent to an activating group) is 2. The molecule has 0 spiro atoms. The quantitative estimate of drug-likeness (QED) is 0.0297. The van der Waals surface area contributed by atoms with Gasteiger partial charge in [-0.1, -0.05) is 106 Å². The Morgan fingerprint density at radius 2 is 1.18 bits per heavy atom. The minimum Gasteiger partial charge on any atom is -0.464 e. The van der Waals surface area contributed by atoms with E-state index < -0.39 is 165 Å². The van der Waals surface area contributed by atoms with Crippen molar-refractivity contribution >= 4 is 88.7 Å². The van der Waals surface area contributed by atoms with E-state index in [0.29, 0.717) is 32.4 Å². The van der Waals surface area contributed by atoms with E-state index in [2.05, 4.69) is 58.5 Å². The summed E-state index contributed by atoms with van der Waals surface area (Å²) < 4.78 is 33.1. The predicted molar refractivity (Wildman–Crippen MR) is 410 cm³/mol. The molecule has 0 unspecified atom stereocenters. The Hall–Kier alpha value is -8.93. The Bertz CT molecular complexity index is 3150. The predicted octanol–water partition coefficient (Wildman–Crippen LogP) is -0.206. The molecule has 1 heterocycles. The topological polar surface area (TPSA) is 453 Å². The number of alkyl carbamates (subject to hydrolysis) is 1. The molecule has 1 aromatic carbocycles.